The van der Waals surface area contributed by atoms with Crippen LogP contribution in [0, 0.1) is 6.92 Å². The van der Waals surface area contributed by atoms with Crippen LogP contribution in [0.2, 0.25) is 0 Å². The number of fused-ring (bicyclic) bond motifs is 1. The number of methoxy groups -OCH3 is 2. The minimum absolute atomic E-state index is 0.474. The molecule has 0 bridgehead atoms. The van der Waals surface area contributed by atoms with Gasteiger partial charge in [-0.1, -0.05) is 41.5 Å². The highest BCUT2D eigenvalue weighted by atomic mass is 16.6. The zero-order chi connectivity index (χ0) is 23.4. The summed E-state index contributed by atoms with van der Waals surface area (Å²) in [4.78, 5) is 0. The predicted octanol–water partition coefficient (Wildman–Crippen LogP) is 6.46. The zero-order valence-corrected chi connectivity index (χ0v) is 19.9. The van der Waals surface area contributed by atoms with Gasteiger partial charge in [-0.2, -0.15) is 0 Å². The van der Waals surface area contributed by atoms with Crippen molar-refractivity contribution in [2.45, 2.75) is 20.8 Å². The average Bonchev–Trinajstić information content (AvgIpc) is 2.83. The molecule has 1 aliphatic rings. The van der Waals surface area contributed by atoms with Crippen molar-refractivity contribution in [2.24, 2.45) is 0 Å². The average molecular weight is 447 g/mol. The molecular weight excluding hydrogens is 416 g/mol. The van der Waals surface area contributed by atoms with E-state index >= 15 is 0 Å². The Balaban J connectivity index is 1.82. The van der Waals surface area contributed by atoms with Crippen molar-refractivity contribution in [1.82, 2.24) is 0 Å². The summed E-state index contributed by atoms with van der Waals surface area (Å²) in [6.07, 6.45) is 2.03. The van der Waals surface area contributed by atoms with Gasteiger partial charge in [0.05, 0.1) is 19.8 Å². The fraction of sp³-hybridized carbons (Fsp3) is 0.286. The molecule has 5 nitrogen and oxygen atoms in total. The maximum absolute atomic E-state index is 6.15. The van der Waals surface area contributed by atoms with Crippen LogP contribution < -0.4 is 23.7 Å². The second-order valence-corrected chi connectivity index (χ2v) is 8.18. The number of benzene rings is 3. The van der Waals surface area contributed by atoms with Crippen LogP contribution in [0.25, 0.3) is 22.3 Å². The molecule has 0 radical (unpaired) electrons. The van der Waals surface area contributed by atoms with E-state index < -0.39 is 0 Å². The molecule has 0 atom stereocenters. The molecule has 33 heavy (non-hydrogen) atoms. The minimum atomic E-state index is 0.474. The van der Waals surface area contributed by atoms with Gasteiger partial charge in [-0.3, -0.25) is 0 Å². The Hall–Kier alpha value is -3.60. The highest BCUT2D eigenvalue weighted by Crippen LogP contribution is 2.52. The number of hydrogen-bond donors (Lipinski definition) is 0. The summed E-state index contributed by atoms with van der Waals surface area (Å²) in [5.74, 6) is 3.43. The summed E-state index contributed by atoms with van der Waals surface area (Å²) in [5, 5.41) is 0. The van der Waals surface area contributed by atoms with Gasteiger partial charge in [0.1, 0.15) is 25.6 Å². The lowest BCUT2D eigenvalue weighted by molar-refractivity contribution is 0.172. The van der Waals surface area contributed by atoms with E-state index in [2.05, 4.69) is 31.2 Å². The van der Waals surface area contributed by atoms with Crippen LogP contribution in [0.4, 0.5) is 0 Å². The van der Waals surface area contributed by atoms with E-state index in [9.17, 15) is 0 Å². The van der Waals surface area contributed by atoms with Crippen molar-refractivity contribution in [3.8, 4) is 51.0 Å². The van der Waals surface area contributed by atoms with Gasteiger partial charge < -0.3 is 23.7 Å². The first-order chi connectivity index (χ1) is 16.0. The molecule has 0 aliphatic carbocycles. The van der Waals surface area contributed by atoms with Crippen LogP contribution in [0.5, 0.6) is 28.7 Å². The Labute approximate surface area is 195 Å². The summed E-state index contributed by atoms with van der Waals surface area (Å²) in [6.45, 7) is 7.62. The fourth-order valence-corrected chi connectivity index (χ4v) is 3.81. The number of ether oxygens (including phenoxy) is 5. The van der Waals surface area contributed by atoms with Crippen molar-refractivity contribution in [3.63, 3.8) is 0 Å². The molecule has 0 unspecified atom stereocenters. The van der Waals surface area contributed by atoms with Crippen molar-refractivity contribution in [3.05, 3.63) is 65.7 Å². The molecule has 172 valence electrons. The van der Waals surface area contributed by atoms with E-state index in [1.807, 2.05) is 44.2 Å². The van der Waals surface area contributed by atoms with Crippen molar-refractivity contribution >= 4 is 0 Å². The highest BCUT2D eigenvalue weighted by molar-refractivity contribution is 5.88. The van der Waals surface area contributed by atoms with E-state index in [1.165, 1.54) is 11.1 Å². The lowest BCUT2D eigenvalue weighted by atomic mass is 9.95. The van der Waals surface area contributed by atoms with Crippen molar-refractivity contribution in [1.29, 1.82) is 0 Å². The quantitative estimate of drug-likeness (QED) is 0.390. The fourth-order valence-electron chi connectivity index (χ4n) is 3.81. The van der Waals surface area contributed by atoms with Crippen LogP contribution in [0.1, 0.15) is 19.4 Å². The molecule has 1 heterocycles. The zero-order valence-electron chi connectivity index (χ0n) is 19.9. The topological polar surface area (TPSA) is 46.2 Å². The third kappa shape index (κ3) is 4.77. The van der Waals surface area contributed by atoms with Gasteiger partial charge >= 0.3 is 0 Å². The lowest BCUT2D eigenvalue weighted by Gasteiger charge is -2.26. The van der Waals surface area contributed by atoms with E-state index in [0.717, 1.165) is 28.0 Å². The van der Waals surface area contributed by atoms with Gasteiger partial charge in [-0.25, -0.2) is 0 Å². The standard InChI is InChI=1S/C28H30O5/c1-18(2)12-13-31-23-11-10-21(16-24(23)29-4)26-25(30-5)17-22(20-8-6-19(3)7-9-20)27-28(26)33-15-14-32-27/h6-12,16-17H,13-15H2,1-5H3. The molecule has 0 fully saturated rings. The van der Waals surface area contributed by atoms with Crippen molar-refractivity contribution < 1.29 is 23.7 Å². The first-order valence-electron chi connectivity index (χ1n) is 11.0. The van der Waals surface area contributed by atoms with Crippen LogP contribution in [0.3, 0.4) is 0 Å². The summed E-state index contributed by atoms with van der Waals surface area (Å²) < 4.78 is 29.6. The minimum Gasteiger partial charge on any atom is -0.496 e. The highest BCUT2D eigenvalue weighted by Gasteiger charge is 2.26. The number of allylic oxidation sites excluding steroid dienone is 1. The van der Waals surface area contributed by atoms with Crippen LogP contribution in [0.15, 0.2) is 60.2 Å². The third-order valence-corrected chi connectivity index (χ3v) is 5.54. The molecule has 3 aromatic carbocycles. The smallest absolute Gasteiger partial charge is 0.173 e. The lowest BCUT2D eigenvalue weighted by Crippen LogP contribution is -2.17. The van der Waals surface area contributed by atoms with E-state index in [1.54, 1.807) is 14.2 Å². The normalized spacial score (nSPS) is 12.2. The SMILES string of the molecule is COc1cc(-c2c(OC)cc(-c3ccc(C)cc3)c3c2OCCO3)ccc1OCC=C(C)C. The first kappa shape index (κ1) is 22.6. The summed E-state index contributed by atoms with van der Waals surface area (Å²) in [7, 11) is 3.31. The van der Waals surface area contributed by atoms with E-state index in [4.69, 9.17) is 23.7 Å². The Morgan fingerprint density at radius 1 is 0.818 bits per heavy atom. The van der Waals surface area contributed by atoms with E-state index in [-0.39, 0.29) is 0 Å². The molecular formula is C28H30O5. The predicted molar refractivity (Wildman–Crippen MR) is 131 cm³/mol. The monoisotopic (exact) mass is 446 g/mol. The molecule has 0 N–H and O–H groups in total. The Morgan fingerprint density at radius 2 is 1.48 bits per heavy atom. The molecule has 0 saturated heterocycles. The van der Waals surface area contributed by atoms with E-state index in [0.29, 0.717) is 42.8 Å². The van der Waals surface area contributed by atoms with Gasteiger partial charge in [0.2, 0.25) is 0 Å². The Kier molecular flexibility index (Phi) is 6.78. The van der Waals surface area contributed by atoms with Crippen LogP contribution in [-0.2, 0) is 0 Å². The number of rotatable bonds is 7. The first-order valence-corrected chi connectivity index (χ1v) is 11.0. The maximum atomic E-state index is 6.15. The molecule has 5 heteroatoms. The summed E-state index contributed by atoms with van der Waals surface area (Å²) >= 11 is 0. The van der Waals surface area contributed by atoms with Gasteiger partial charge in [0.15, 0.2) is 23.0 Å². The maximum Gasteiger partial charge on any atom is 0.173 e. The summed E-state index contributed by atoms with van der Waals surface area (Å²) in [6, 6.07) is 16.2. The molecule has 0 saturated carbocycles. The summed E-state index contributed by atoms with van der Waals surface area (Å²) in [5.41, 5.74) is 6.12. The van der Waals surface area contributed by atoms with Gasteiger partial charge in [0, 0.05) is 5.56 Å². The molecule has 4 rings (SSSR count). The largest absolute Gasteiger partial charge is 0.496 e. The molecule has 0 aromatic heterocycles. The molecule has 0 amide bonds. The number of hydrogen-bond acceptors (Lipinski definition) is 5. The van der Waals surface area contributed by atoms with Gasteiger partial charge in [-0.15, -0.1) is 0 Å². The second kappa shape index (κ2) is 9.90. The van der Waals surface area contributed by atoms with Crippen LogP contribution in [-0.4, -0.2) is 34.0 Å². The third-order valence-electron chi connectivity index (χ3n) is 5.54. The second-order valence-electron chi connectivity index (χ2n) is 8.18. The van der Waals surface area contributed by atoms with Gasteiger partial charge in [0.25, 0.3) is 0 Å². The van der Waals surface area contributed by atoms with Gasteiger partial charge in [-0.05, 0) is 56.2 Å². The van der Waals surface area contributed by atoms with Crippen molar-refractivity contribution in [2.75, 3.05) is 34.0 Å². The Bertz CT molecular complexity index is 1160. The number of aryl methyl sites for hydroxylation is 1. The Morgan fingerprint density at radius 3 is 2.15 bits per heavy atom. The molecule has 1 aliphatic heterocycles. The molecule has 3 aromatic rings. The van der Waals surface area contributed by atoms with Crippen LogP contribution >= 0.6 is 0 Å². The molecule has 0 spiro atoms.